The standard InChI is InChI=1S/C11H8Cl2N2O2S/c1-6-10(18-15-14-6)11(16)17-5-7-2-3-8(12)9(13)4-7/h2-4H,5H2,1H3. The second-order valence-electron chi connectivity index (χ2n) is 3.51. The van der Waals surface area contributed by atoms with Crippen LogP contribution in [0.5, 0.6) is 0 Å². The smallest absolute Gasteiger partial charge is 0.352 e. The molecule has 94 valence electrons. The fourth-order valence-electron chi connectivity index (χ4n) is 1.26. The van der Waals surface area contributed by atoms with Crippen molar-refractivity contribution in [3.05, 3.63) is 44.4 Å². The maximum Gasteiger partial charge on any atom is 0.352 e. The highest BCUT2D eigenvalue weighted by atomic mass is 35.5. The highest BCUT2D eigenvalue weighted by Crippen LogP contribution is 2.23. The van der Waals surface area contributed by atoms with E-state index in [4.69, 9.17) is 27.9 Å². The molecule has 0 fully saturated rings. The zero-order valence-electron chi connectivity index (χ0n) is 9.31. The van der Waals surface area contributed by atoms with Crippen LogP contribution in [0.2, 0.25) is 10.0 Å². The molecule has 0 saturated heterocycles. The van der Waals surface area contributed by atoms with Crippen LogP contribution in [0.4, 0.5) is 0 Å². The quantitative estimate of drug-likeness (QED) is 0.814. The van der Waals surface area contributed by atoms with Crippen molar-refractivity contribution in [2.45, 2.75) is 13.5 Å². The number of aromatic nitrogens is 2. The van der Waals surface area contributed by atoms with Crippen molar-refractivity contribution in [3.8, 4) is 0 Å². The summed E-state index contributed by atoms with van der Waals surface area (Å²) < 4.78 is 8.81. The average molecular weight is 303 g/mol. The first-order valence-corrected chi connectivity index (χ1v) is 6.51. The number of esters is 1. The van der Waals surface area contributed by atoms with Gasteiger partial charge in [-0.3, -0.25) is 0 Å². The summed E-state index contributed by atoms with van der Waals surface area (Å²) in [5.74, 6) is -0.437. The molecular weight excluding hydrogens is 295 g/mol. The molecule has 0 aliphatic rings. The molecule has 0 aliphatic carbocycles. The summed E-state index contributed by atoms with van der Waals surface area (Å²) >= 11 is 12.7. The van der Waals surface area contributed by atoms with Gasteiger partial charge in [-0.15, -0.1) is 5.10 Å². The summed E-state index contributed by atoms with van der Waals surface area (Å²) in [7, 11) is 0. The van der Waals surface area contributed by atoms with Gasteiger partial charge in [0.1, 0.15) is 6.61 Å². The van der Waals surface area contributed by atoms with Gasteiger partial charge in [0.15, 0.2) is 4.88 Å². The number of hydrogen-bond donors (Lipinski definition) is 0. The number of nitrogens with zero attached hydrogens (tertiary/aromatic N) is 2. The van der Waals surface area contributed by atoms with Crippen molar-refractivity contribution in [1.29, 1.82) is 0 Å². The molecule has 0 bridgehead atoms. The van der Waals surface area contributed by atoms with Crippen molar-refractivity contribution in [2.75, 3.05) is 0 Å². The summed E-state index contributed by atoms with van der Waals surface area (Å²) in [5.41, 5.74) is 1.34. The Morgan fingerprint density at radius 2 is 2.17 bits per heavy atom. The molecular formula is C11H8Cl2N2O2S. The van der Waals surface area contributed by atoms with Crippen LogP contribution >= 0.6 is 34.7 Å². The molecule has 1 aromatic heterocycles. The topological polar surface area (TPSA) is 52.1 Å². The first kappa shape index (κ1) is 13.3. The van der Waals surface area contributed by atoms with Crippen molar-refractivity contribution in [1.82, 2.24) is 9.59 Å². The molecule has 2 rings (SSSR count). The van der Waals surface area contributed by atoms with Gasteiger partial charge in [0.2, 0.25) is 0 Å². The lowest BCUT2D eigenvalue weighted by Gasteiger charge is -2.04. The van der Waals surface area contributed by atoms with Gasteiger partial charge in [0.25, 0.3) is 0 Å². The molecule has 0 unspecified atom stereocenters. The van der Waals surface area contributed by atoms with E-state index in [1.165, 1.54) is 0 Å². The Balaban J connectivity index is 2.02. The van der Waals surface area contributed by atoms with E-state index >= 15 is 0 Å². The van der Waals surface area contributed by atoms with Gasteiger partial charge in [-0.25, -0.2) is 4.79 Å². The predicted molar refractivity (Wildman–Crippen MR) is 70.2 cm³/mol. The number of ether oxygens (including phenoxy) is 1. The average Bonchev–Trinajstić information content (AvgIpc) is 2.77. The van der Waals surface area contributed by atoms with Crippen molar-refractivity contribution in [2.24, 2.45) is 0 Å². The van der Waals surface area contributed by atoms with E-state index in [9.17, 15) is 4.79 Å². The third kappa shape index (κ3) is 2.98. The van der Waals surface area contributed by atoms with Crippen LogP contribution in [0.3, 0.4) is 0 Å². The Morgan fingerprint density at radius 1 is 1.39 bits per heavy atom. The van der Waals surface area contributed by atoms with Crippen LogP contribution in [0.15, 0.2) is 18.2 Å². The van der Waals surface area contributed by atoms with Crippen LogP contribution in [0.25, 0.3) is 0 Å². The molecule has 0 radical (unpaired) electrons. The summed E-state index contributed by atoms with van der Waals surface area (Å²) in [5, 5.41) is 4.65. The summed E-state index contributed by atoms with van der Waals surface area (Å²) in [4.78, 5) is 12.1. The van der Waals surface area contributed by atoms with E-state index in [0.29, 0.717) is 20.6 Å². The minimum atomic E-state index is -0.437. The lowest BCUT2D eigenvalue weighted by molar-refractivity contribution is 0.0477. The zero-order chi connectivity index (χ0) is 13.1. The molecule has 0 spiro atoms. The third-order valence-corrected chi connectivity index (χ3v) is 3.74. The van der Waals surface area contributed by atoms with Crippen molar-refractivity contribution < 1.29 is 9.53 Å². The number of halogens is 2. The molecule has 0 aliphatic heterocycles. The number of carbonyl (C=O) groups is 1. The summed E-state index contributed by atoms with van der Waals surface area (Å²) in [6, 6.07) is 5.07. The lowest BCUT2D eigenvalue weighted by Crippen LogP contribution is -2.04. The van der Waals surface area contributed by atoms with Gasteiger partial charge in [-0.1, -0.05) is 33.8 Å². The van der Waals surface area contributed by atoms with E-state index in [1.807, 2.05) is 0 Å². The fourth-order valence-corrected chi connectivity index (χ4v) is 2.13. The van der Waals surface area contributed by atoms with Gasteiger partial charge in [-0.2, -0.15) is 0 Å². The molecule has 0 atom stereocenters. The first-order valence-electron chi connectivity index (χ1n) is 4.98. The van der Waals surface area contributed by atoms with E-state index < -0.39 is 5.97 Å². The van der Waals surface area contributed by atoms with Crippen LogP contribution in [0.1, 0.15) is 20.9 Å². The van der Waals surface area contributed by atoms with Crippen LogP contribution < -0.4 is 0 Å². The molecule has 1 aromatic carbocycles. The Bertz CT molecular complexity index is 586. The van der Waals surface area contributed by atoms with Gasteiger partial charge >= 0.3 is 5.97 Å². The van der Waals surface area contributed by atoms with E-state index in [0.717, 1.165) is 17.1 Å². The third-order valence-electron chi connectivity index (χ3n) is 2.19. The number of aryl methyl sites for hydroxylation is 1. The molecule has 18 heavy (non-hydrogen) atoms. The van der Waals surface area contributed by atoms with Gasteiger partial charge in [0.05, 0.1) is 15.7 Å². The zero-order valence-corrected chi connectivity index (χ0v) is 11.6. The normalized spacial score (nSPS) is 10.4. The van der Waals surface area contributed by atoms with E-state index in [1.54, 1.807) is 25.1 Å². The highest BCUT2D eigenvalue weighted by Gasteiger charge is 2.14. The van der Waals surface area contributed by atoms with Gasteiger partial charge in [-0.05, 0) is 36.2 Å². The Kier molecular flexibility index (Phi) is 4.16. The van der Waals surface area contributed by atoms with Gasteiger partial charge in [0, 0.05) is 0 Å². The molecule has 0 N–H and O–H groups in total. The number of benzene rings is 1. The lowest BCUT2D eigenvalue weighted by atomic mass is 10.2. The second kappa shape index (κ2) is 5.65. The largest absolute Gasteiger partial charge is 0.457 e. The second-order valence-corrected chi connectivity index (χ2v) is 5.08. The minimum Gasteiger partial charge on any atom is -0.457 e. The maximum absolute atomic E-state index is 11.7. The van der Waals surface area contributed by atoms with Crippen LogP contribution in [0, 0.1) is 6.92 Å². The summed E-state index contributed by atoms with van der Waals surface area (Å²) in [6.07, 6.45) is 0. The number of rotatable bonds is 3. The maximum atomic E-state index is 11.7. The van der Waals surface area contributed by atoms with E-state index in [-0.39, 0.29) is 6.61 Å². The highest BCUT2D eigenvalue weighted by molar-refractivity contribution is 7.07. The van der Waals surface area contributed by atoms with Crippen molar-refractivity contribution >= 4 is 40.7 Å². The molecule has 0 amide bonds. The minimum absolute atomic E-state index is 0.132. The molecule has 7 heteroatoms. The fraction of sp³-hybridized carbons (Fsp3) is 0.182. The summed E-state index contributed by atoms with van der Waals surface area (Å²) in [6.45, 7) is 1.84. The Morgan fingerprint density at radius 3 is 2.78 bits per heavy atom. The molecule has 4 nitrogen and oxygen atoms in total. The Hall–Kier alpha value is -1.17. The number of carbonyl (C=O) groups excluding carboxylic acids is 1. The molecule has 2 aromatic rings. The predicted octanol–water partition coefficient (Wildman–Crippen LogP) is 3.51. The van der Waals surface area contributed by atoms with Crippen LogP contribution in [-0.4, -0.2) is 15.6 Å². The van der Waals surface area contributed by atoms with Crippen LogP contribution in [-0.2, 0) is 11.3 Å². The monoisotopic (exact) mass is 302 g/mol. The SMILES string of the molecule is Cc1nnsc1C(=O)OCc1ccc(Cl)c(Cl)c1. The Labute approximate surface area is 118 Å². The molecule has 1 heterocycles. The van der Waals surface area contributed by atoms with Gasteiger partial charge < -0.3 is 4.74 Å². The molecule has 0 saturated carbocycles. The first-order chi connectivity index (χ1) is 8.58. The number of hydrogen-bond acceptors (Lipinski definition) is 5. The van der Waals surface area contributed by atoms with Crippen molar-refractivity contribution in [3.63, 3.8) is 0 Å². The van der Waals surface area contributed by atoms with E-state index in [2.05, 4.69) is 9.59 Å².